The second-order valence-corrected chi connectivity index (χ2v) is 7.24. The molecule has 8 nitrogen and oxygen atoms in total. The molecule has 3 heterocycles. The van der Waals surface area contributed by atoms with Crippen LogP contribution in [0.3, 0.4) is 0 Å². The standard InChI is InChI=1S/C20H25N5O3/c1-11(2)24-12(3)7-17(14(24)5)18(26)9-28-19(27)8-16-13(4)23-20-21-10-22-25(20)15(16)6/h7,10-11H,8-9H2,1-6H3. The molecule has 0 aliphatic rings. The number of hydrogen-bond donors (Lipinski definition) is 0. The van der Waals surface area contributed by atoms with Crippen LogP contribution >= 0.6 is 0 Å². The van der Waals surface area contributed by atoms with Gasteiger partial charge in [0.2, 0.25) is 5.78 Å². The molecule has 148 valence electrons. The van der Waals surface area contributed by atoms with Crippen molar-refractivity contribution in [1.82, 2.24) is 24.1 Å². The Morgan fingerprint density at radius 1 is 1.14 bits per heavy atom. The molecule has 0 N–H and O–H groups in total. The summed E-state index contributed by atoms with van der Waals surface area (Å²) < 4.78 is 8.94. The highest BCUT2D eigenvalue weighted by atomic mass is 16.5. The molecular formula is C20H25N5O3. The first-order valence-electron chi connectivity index (χ1n) is 9.23. The van der Waals surface area contributed by atoms with Crippen molar-refractivity contribution in [2.45, 2.75) is 54.0 Å². The Morgan fingerprint density at radius 2 is 1.86 bits per heavy atom. The predicted molar refractivity (Wildman–Crippen MR) is 104 cm³/mol. The lowest BCUT2D eigenvalue weighted by Crippen LogP contribution is -2.18. The summed E-state index contributed by atoms with van der Waals surface area (Å²) in [6.45, 7) is 11.4. The van der Waals surface area contributed by atoms with E-state index < -0.39 is 5.97 Å². The molecule has 0 radical (unpaired) electrons. The largest absolute Gasteiger partial charge is 0.457 e. The number of esters is 1. The maximum atomic E-state index is 12.6. The maximum absolute atomic E-state index is 12.6. The molecule has 0 atom stereocenters. The normalized spacial score (nSPS) is 11.4. The molecule has 0 aromatic carbocycles. The third kappa shape index (κ3) is 3.54. The lowest BCUT2D eigenvalue weighted by Gasteiger charge is -2.13. The quantitative estimate of drug-likeness (QED) is 0.480. The summed E-state index contributed by atoms with van der Waals surface area (Å²) in [4.78, 5) is 33.3. The van der Waals surface area contributed by atoms with Crippen LogP contribution in [0.15, 0.2) is 12.4 Å². The molecule has 8 heteroatoms. The van der Waals surface area contributed by atoms with E-state index in [0.29, 0.717) is 17.0 Å². The van der Waals surface area contributed by atoms with E-state index in [4.69, 9.17) is 4.74 Å². The summed E-state index contributed by atoms with van der Waals surface area (Å²) in [5.74, 6) is -0.187. The van der Waals surface area contributed by atoms with Crippen LogP contribution in [-0.2, 0) is 16.0 Å². The van der Waals surface area contributed by atoms with Gasteiger partial charge >= 0.3 is 5.97 Å². The monoisotopic (exact) mass is 383 g/mol. The van der Waals surface area contributed by atoms with Gasteiger partial charge in [0.25, 0.3) is 5.78 Å². The number of ketones is 1. The number of aromatic nitrogens is 5. The van der Waals surface area contributed by atoms with Gasteiger partial charge in [0.15, 0.2) is 6.61 Å². The summed E-state index contributed by atoms with van der Waals surface area (Å²) in [5, 5.41) is 4.11. The molecule has 3 rings (SSSR count). The van der Waals surface area contributed by atoms with Crippen molar-refractivity contribution in [3.8, 4) is 0 Å². The Labute approximate surface area is 163 Å². The molecule has 0 unspecified atom stereocenters. The first kappa shape index (κ1) is 19.7. The van der Waals surface area contributed by atoms with Crippen LogP contribution in [0.25, 0.3) is 5.78 Å². The van der Waals surface area contributed by atoms with Crippen LogP contribution in [0.4, 0.5) is 0 Å². The molecule has 3 aromatic rings. The van der Waals surface area contributed by atoms with E-state index in [9.17, 15) is 9.59 Å². The van der Waals surface area contributed by atoms with Crippen LogP contribution in [0.2, 0.25) is 0 Å². The lowest BCUT2D eigenvalue weighted by atomic mass is 10.1. The topological polar surface area (TPSA) is 91.4 Å². The lowest BCUT2D eigenvalue weighted by molar-refractivity contribution is -0.141. The summed E-state index contributed by atoms with van der Waals surface area (Å²) in [6, 6.07) is 2.11. The molecule has 0 aliphatic carbocycles. The molecule has 28 heavy (non-hydrogen) atoms. The average molecular weight is 383 g/mol. The minimum Gasteiger partial charge on any atom is -0.457 e. The second-order valence-electron chi connectivity index (χ2n) is 7.24. The molecule has 0 saturated carbocycles. The summed E-state index contributed by atoms with van der Waals surface area (Å²) in [7, 11) is 0. The Morgan fingerprint density at radius 3 is 2.50 bits per heavy atom. The first-order valence-corrected chi connectivity index (χ1v) is 9.23. The van der Waals surface area contributed by atoms with Crippen molar-refractivity contribution in [3.63, 3.8) is 0 Å². The number of carbonyl (C=O) groups excluding carboxylic acids is 2. The van der Waals surface area contributed by atoms with Crippen LogP contribution in [0.1, 0.15) is 58.6 Å². The van der Waals surface area contributed by atoms with E-state index in [0.717, 1.165) is 22.6 Å². The summed E-state index contributed by atoms with van der Waals surface area (Å²) >= 11 is 0. The van der Waals surface area contributed by atoms with Gasteiger partial charge in [-0.3, -0.25) is 9.59 Å². The molecule has 0 amide bonds. The molecule has 3 aromatic heterocycles. The van der Waals surface area contributed by atoms with Crippen molar-refractivity contribution in [3.05, 3.63) is 46.3 Å². The van der Waals surface area contributed by atoms with Gasteiger partial charge in [0.1, 0.15) is 6.33 Å². The van der Waals surface area contributed by atoms with Crippen molar-refractivity contribution >= 4 is 17.5 Å². The number of rotatable bonds is 6. The van der Waals surface area contributed by atoms with E-state index in [2.05, 4.69) is 33.5 Å². The van der Waals surface area contributed by atoms with E-state index in [-0.39, 0.29) is 24.9 Å². The van der Waals surface area contributed by atoms with Crippen molar-refractivity contribution in [2.75, 3.05) is 6.61 Å². The third-order valence-corrected chi connectivity index (χ3v) is 4.98. The minimum atomic E-state index is -0.474. The zero-order valence-corrected chi connectivity index (χ0v) is 17.1. The SMILES string of the molecule is Cc1nc2ncnn2c(C)c1CC(=O)OCC(=O)c1cc(C)n(C(C)C)c1C. The van der Waals surface area contributed by atoms with Crippen molar-refractivity contribution in [1.29, 1.82) is 0 Å². The number of ether oxygens (including phenoxy) is 1. The predicted octanol–water partition coefficient (Wildman–Crippen LogP) is 2.71. The van der Waals surface area contributed by atoms with Gasteiger partial charge in [0, 0.05) is 39.9 Å². The fraction of sp³-hybridized carbons (Fsp3) is 0.450. The molecule has 0 spiro atoms. The highest BCUT2D eigenvalue weighted by Gasteiger charge is 2.20. The minimum absolute atomic E-state index is 0.0266. The number of hydrogen-bond acceptors (Lipinski definition) is 6. The number of Topliss-reactive ketones (excluding diaryl/α,β-unsaturated/α-hetero) is 1. The number of aryl methyl sites for hydroxylation is 3. The number of nitrogens with zero attached hydrogens (tertiary/aromatic N) is 5. The van der Waals surface area contributed by atoms with Gasteiger partial charge in [-0.1, -0.05) is 0 Å². The Hall–Kier alpha value is -3.03. The molecule has 0 saturated heterocycles. The van der Waals surface area contributed by atoms with Crippen molar-refractivity contribution in [2.24, 2.45) is 0 Å². The zero-order chi connectivity index (χ0) is 20.6. The van der Waals surface area contributed by atoms with E-state index in [1.807, 2.05) is 33.8 Å². The second kappa shape index (κ2) is 7.53. The summed E-state index contributed by atoms with van der Waals surface area (Å²) in [6.07, 6.45) is 1.45. The van der Waals surface area contributed by atoms with Gasteiger partial charge < -0.3 is 9.30 Å². The van der Waals surface area contributed by atoms with Gasteiger partial charge in [-0.25, -0.2) is 9.50 Å². The molecule has 0 bridgehead atoms. The van der Waals surface area contributed by atoms with E-state index in [1.54, 1.807) is 4.52 Å². The van der Waals surface area contributed by atoms with E-state index >= 15 is 0 Å². The molecular weight excluding hydrogens is 358 g/mol. The van der Waals surface area contributed by atoms with Crippen molar-refractivity contribution < 1.29 is 14.3 Å². The fourth-order valence-electron chi connectivity index (χ4n) is 3.68. The Kier molecular flexibility index (Phi) is 5.31. The van der Waals surface area contributed by atoms with Gasteiger partial charge in [-0.05, 0) is 47.6 Å². The maximum Gasteiger partial charge on any atom is 0.310 e. The van der Waals surface area contributed by atoms with Crippen LogP contribution in [0, 0.1) is 27.7 Å². The third-order valence-electron chi connectivity index (χ3n) is 4.98. The molecule has 0 aliphatic heterocycles. The van der Waals surface area contributed by atoms with Crippen LogP contribution in [0.5, 0.6) is 0 Å². The van der Waals surface area contributed by atoms with Gasteiger partial charge in [-0.15, -0.1) is 0 Å². The summed E-state index contributed by atoms with van der Waals surface area (Å²) in [5.41, 5.74) is 4.71. The number of carbonyl (C=O) groups is 2. The highest BCUT2D eigenvalue weighted by Crippen LogP contribution is 2.21. The first-order chi connectivity index (χ1) is 13.2. The molecule has 0 fully saturated rings. The van der Waals surface area contributed by atoms with Gasteiger partial charge in [-0.2, -0.15) is 10.1 Å². The highest BCUT2D eigenvalue weighted by molar-refractivity contribution is 5.99. The number of fused-ring (bicyclic) bond motifs is 1. The average Bonchev–Trinajstić information content (AvgIpc) is 3.20. The van der Waals surface area contributed by atoms with Crippen LogP contribution < -0.4 is 0 Å². The Balaban J connectivity index is 1.70. The Bertz CT molecular complexity index is 1060. The smallest absolute Gasteiger partial charge is 0.310 e. The fourth-order valence-corrected chi connectivity index (χ4v) is 3.68. The van der Waals surface area contributed by atoms with Gasteiger partial charge in [0.05, 0.1) is 6.42 Å². The van der Waals surface area contributed by atoms with E-state index in [1.165, 1.54) is 6.33 Å². The van der Waals surface area contributed by atoms with Crippen LogP contribution in [-0.4, -0.2) is 42.5 Å². The zero-order valence-electron chi connectivity index (χ0n) is 17.1.